The average Bonchev–Trinajstić information content (AvgIpc) is 2.75. The van der Waals surface area contributed by atoms with Gasteiger partial charge in [0.2, 0.25) is 0 Å². The number of carbonyl (C=O) groups is 1. The van der Waals surface area contributed by atoms with Crippen LogP contribution in [0.1, 0.15) is 0 Å². The van der Waals surface area contributed by atoms with E-state index in [0.717, 1.165) is 32.5 Å². The van der Waals surface area contributed by atoms with Crippen LogP contribution in [0, 0.1) is 0 Å². The van der Waals surface area contributed by atoms with E-state index in [2.05, 4.69) is 25.9 Å². The van der Waals surface area contributed by atoms with Crippen LogP contribution in [0.5, 0.6) is 5.75 Å². The Kier molecular flexibility index (Phi) is 4.36. The molecule has 8 heteroatoms. The molecular formula is C22H16BrN5O2. The Labute approximate surface area is 180 Å². The maximum Gasteiger partial charge on any atom is 0.264 e. The first-order chi connectivity index (χ1) is 14.5. The number of nitrogen functional groups attached to an aromatic ring is 1. The molecule has 0 spiro atoms. The van der Waals surface area contributed by atoms with Crippen molar-refractivity contribution in [2.45, 2.75) is 0 Å². The van der Waals surface area contributed by atoms with Gasteiger partial charge in [0, 0.05) is 17.1 Å². The van der Waals surface area contributed by atoms with Gasteiger partial charge in [0.05, 0.1) is 16.8 Å². The fourth-order valence-electron chi connectivity index (χ4n) is 3.56. The topological polar surface area (TPSA) is 94.2 Å². The summed E-state index contributed by atoms with van der Waals surface area (Å²) < 4.78 is 6.59. The second-order valence-electron chi connectivity index (χ2n) is 6.95. The van der Waals surface area contributed by atoms with Crippen LogP contribution in [0.4, 0.5) is 11.5 Å². The van der Waals surface area contributed by atoms with E-state index in [1.165, 1.54) is 6.33 Å². The van der Waals surface area contributed by atoms with E-state index >= 15 is 0 Å². The highest BCUT2D eigenvalue weighted by Gasteiger charge is 2.23. The van der Waals surface area contributed by atoms with Gasteiger partial charge in [-0.05, 0) is 41.5 Å². The first-order valence-electron chi connectivity index (χ1n) is 9.22. The van der Waals surface area contributed by atoms with Crippen LogP contribution in [0.25, 0.3) is 33.4 Å². The van der Waals surface area contributed by atoms with Crippen molar-refractivity contribution in [2.75, 3.05) is 24.3 Å². The summed E-state index contributed by atoms with van der Waals surface area (Å²) in [5, 5.41) is 0.707. The highest BCUT2D eigenvalue weighted by atomic mass is 79.9. The number of amides is 1. The van der Waals surface area contributed by atoms with E-state index in [9.17, 15) is 4.79 Å². The first-order valence-corrected chi connectivity index (χ1v) is 10.0. The molecule has 148 valence electrons. The number of nitrogens with zero attached hydrogens (tertiary/aromatic N) is 4. The largest absolute Gasteiger partial charge is 0.482 e. The molecule has 0 fully saturated rings. The maximum atomic E-state index is 11.9. The fraction of sp³-hybridized carbons (Fsp3) is 0.0909. The molecule has 2 N–H and O–H groups in total. The van der Waals surface area contributed by atoms with E-state index < -0.39 is 0 Å². The smallest absolute Gasteiger partial charge is 0.264 e. The van der Waals surface area contributed by atoms with Crippen molar-refractivity contribution in [3.63, 3.8) is 0 Å². The predicted molar refractivity (Wildman–Crippen MR) is 119 cm³/mol. The molecule has 5 rings (SSSR count). The fourth-order valence-corrected chi connectivity index (χ4v) is 3.96. The molecule has 1 aliphatic heterocycles. The lowest BCUT2D eigenvalue weighted by atomic mass is 9.99. The number of fused-ring (bicyclic) bond motifs is 2. The summed E-state index contributed by atoms with van der Waals surface area (Å²) in [5.74, 6) is 0.939. The van der Waals surface area contributed by atoms with Crippen molar-refractivity contribution < 1.29 is 9.53 Å². The predicted octanol–water partition coefficient (Wildman–Crippen LogP) is 4.06. The summed E-state index contributed by atoms with van der Waals surface area (Å²) in [7, 11) is 1.74. The maximum absolute atomic E-state index is 11.9. The average molecular weight is 462 g/mol. The van der Waals surface area contributed by atoms with Gasteiger partial charge in [-0.15, -0.1) is 0 Å². The molecular weight excluding hydrogens is 446 g/mol. The summed E-state index contributed by atoms with van der Waals surface area (Å²) in [5.41, 5.74) is 10.9. The van der Waals surface area contributed by atoms with E-state index in [4.69, 9.17) is 15.5 Å². The van der Waals surface area contributed by atoms with Gasteiger partial charge in [0.1, 0.15) is 17.9 Å². The zero-order chi connectivity index (χ0) is 20.8. The molecule has 0 radical (unpaired) electrons. The highest BCUT2D eigenvalue weighted by Crippen LogP contribution is 2.38. The third-order valence-corrected chi connectivity index (χ3v) is 5.60. The number of benzene rings is 2. The third-order valence-electron chi connectivity index (χ3n) is 5.11. The molecule has 0 unspecified atom stereocenters. The third kappa shape index (κ3) is 3.05. The number of carbonyl (C=O) groups excluding carboxylic acids is 1. The van der Waals surface area contributed by atoms with Crippen LogP contribution in [0.15, 0.2) is 59.3 Å². The molecule has 4 aromatic rings. The van der Waals surface area contributed by atoms with Crippen LogP contribution < -0.4 is 15.4 Å². The van der Waals surface area contributed by atoms with Crippen molar-refractivity contribution in [2.24, 2.45) is 0 Å². The lowest BCUT2D eigenvalue weighted by molar-refractivity contribution is -0.120. The van der Waals surface area contributed by atoms with Crippen molar-refractivity contribution in [3.05, 3.63) is 59.3 Å². The number of halogens is 1. The number of anilines is 2. The molecule has 3 heterocycles. The Balaban J connectivity index is 1.73. The lowest BCUT2D eigenvalue weighted by Gasteiger charge is -2.26. The molecule has 30 heavy (non-hydrogen) atoms. The van der Waals surface area contributed by atoms with Gasteiger partial charge in [-0.3, -0.25) is 4.79 Å². The van der Waals surface area contributed by atoms with E-state index in [0.29, 0.717) is 22.6 Å². The molecule has 1 aliphatic rings. The molecule has 0 saturated carbocycles. The van der Waals surface area contributed by atoms with Gasteiger partial charge in [-0.25, -0.2) is 15.0 Å². The van der Waals surface area contributed by atoms with Crippen LogP contribution in [-0.4, -0.2) is 34.5 Å². The minimum atomic E-state index is -0.0804. The Morgan fingerprint density at radius 1 is 1.10 bits per heavy atom. The second kappa shape index (κ2) is 7.07. The number of hydrogen-bond donors (Lipinski definition) is 1. The van der Waals surface area contributed by atoms with E-state index in [-0.39, 0.29) is 12.5 Å². The van der Waals surface area contributed by atoms with Crippen molar-refractivity contribution >= 4 is 44.4 Å². The monoisotopic (exact) mass is 461 g/mol. The van der Waals surface area contributed by atoms with Crippen molar-refractivity contribution in [3.8, 4) is 28.1 Å². The van der Waals surface area contributed by atoms with Gasteiger partial charge in [-0.1, -0.05) is 34.1 Å². The number of likely N-dealkylation sites (N-methyl/N-ethyl adjacent to an activating group) is 1. The highest BCUT2D eigenvalue weighted by molar-refractivity contribution is 9.10. The van der Waals surface area contributed by atoms with Gasteiger partial charge < -0.3 is 15.4 Å². The molecule has 2 aromatic heterocycles. The molecule has 0 atom stereocenters. The zero-order valence-electron chi connectivity index (χ0n) is 16.0. The quantitative estimate of drug-likeness (QED) is 0.483. The minimum absolute atomic E-state index is 0.0190. The number of nitrogens with two attached hydrogens (primary N) is 1. The Bertz CT molecular complexity index is 1320. The Morgan fingerprint density at radius 3 is 2.80 bits per heavy atom. The molecule has 1 amide bonds. The molecule has 2 aromatic carbocycles. The number of aromatic nitrogens is 3. The lowest BCUT2D eigenvalue weighted by Crippen LogP contribution is -2.35. The summed E-state index contributed by atoms with van der Waals surface area (Å²) in [6.45, 7) is 0.0190. The van der Waals surface area contributed by atoms with Crippen LogP contribution in [0.2, 0.25) is 0 Å². The first kappa shape index (κ1) is 18.5. The molecule has 0 saturated heterocycles. The van der Waals surface area contributed by atoms with Gasteiger partial charge in [-0.2, -0.15) is 0 Å². The number of hydrogen-bond acceptors (Lipinski definition) is 6. The number of pyridine rings is 1. The summed E-state index contributed by atoms with van der Waals surface area (Å²) in [6.07, 6.45) is 1.41. The van der Waals surface area contributed by atoms with Crippen LogP contribution >= 0.6 is 15.9 Å². The van der Waals surface area contributed by atoms with Gasteiger partial charge >= 0.3 is 0 Å². The standard InChI is InChI=1S/C22H16BrN5O2/c1-28-17-6-5-13(8-18(17)30-10-19(28)29)16-9-15(12-3-2-4-14(23)7-12)20-21(24)25-11-26-22(20)27-16/h2-9,11H,10H2,1H3,(H2,24,25,26,27). The summed E-state index contributed by atoms with van der Waals surface area (Å²) in [6, 6.07) is 15.6. The van der Waals surface area contributed by atoms with E-state index in [1.54, 1.807) is 11.9 Å². The zero-order valence-corrected chi connectivity index (χ0v) is 17.5. The minimum Gasteiger partial charge on any atom is -0.482 e. The van der Waals surface area contributed by atoms with Crippen molar-refractivity contribution in [1.82, 2.24) is 15.0 Å². The summed E-state index contributed by atoms with van der Waals surface area (Å²) >= 11 is 3.53. The van der Waals surface area contributed by atoms with E-state index in [1.807, 2.05) is 48.5 Å². The normalized spacial score (nSPS) is 13.3. The molecule has 0 aliphatic carbocycles. The van der Waals surface area contributed by atoms with Crippen LogP contribution in [0.3, 0.4) is 0 Å². The Morgan fingerprint density at radius 2 is 1.97 bits per heavy atom. The number of rotatable bonds is 2. The second-order valence-corrected chi connectivity index (χ2v) is 7.86. The van der Waals surface area contributed by atoms with Crippen molar-refractivity contribution in [1.29, 1.82) is 0 Å². The van der Waals surface area contributed by atoms with Crippen LogP contribution in [-0.2, 0) is 4.79 Å². The van der Waals surface area contributed by atoms with Gasteiger partial charge in [0.15, 0.2) is 12.3 Å². The summed E-state index contributed by atoms with van der Waals surface area (Å²) in [4.78, 5) is 26.7. The molecule has 7 nitrogen and oxygen atoms in total. The number of ether oxygens (including phenoxy) is 1. The molecule has 0 bridgehead atoms. The van der Waals surface area contributed by atoms with Gasteiger partial charge in [0.25, 0.3) is 5.91 Å². The Hall–Kier alpha value is -3.52. The SMILES string of the molecule is CN1C(=O)COc2cc(-c3cc(-c4cccc(Br)c4)c4c(N)ncnc4n3)ccc21.